The van der Waals surface area contributed by atoms with E-state index < -0.39 is 15.1 Å². The van der Waals surface area contributed by atoms with Gasteiger partial charge in [-0.05, 0) is 29.0 Å². The van der Waals surface area contributed by atoms with Crippen LogP contribution in [0, 0.1) is 0 Å². The summed E-state index contributed by atoms with van der Waals surface area (Å²) in [6, 6.07) is 17.3. The largest absolute Gasteiger partial charge is 0.228 e. The van der Waals surface area contributed by atoms with E-state index in [1.54, 1.807) is 6.92 Å². The third kappa shape index (κ3) is 3.98. The minimum absolute atomic E-state index is 0.0769. The van der Waals surface area contributed by atoms with E-state index in [0.29, 0.717) is 0 Å². The van der Waals surface area contributed by atoms with Crippen molar-refractivity contribution in [3.8, 4) is 0 Å². The maximum atomic E-state index is 12.6. The average molecular weight is 316 g/mol. The van der Waals surface area contributed by atoms with Crippen molar-refractivity contribution in [1.29, 1.82) is 0 Å². The predicted molar refractivity (Wildman–Crippen MR) is 92.6 cm³/mol. The zero-order valence-corrected chi connectivity index (χ0v) is 14.5. The van der Waals surface area contributed by atoms with E-state index >= 15 is 0 Å². The van der Waals surface area contributed by atoms with Crippen LogP contribution in [0.1, 0.15) is 49.6 Å². The molecule has 2 rings (SSSR count). The van der Waals surface area contributed by atoms with E-state index in [4.69, 9.17) is 0 Å². The van der Waals surface area contributed by atoms with Gasteiger partial charge in [0.2, 0.25) is 0 Å². The third-order valence-electron chi connectivity index (χ3n) is 4.00. The van der Waals surface area contributed by atoms with Crippen LogP contribution < -0.4 is 0 Å². The minimum atomic E-state index is -3.21. The molecule has 22 heavy (non-hydrogen) atoms. The van der Waals surface area contributed by atoms with Crippen molar-refractivity contribution >= 4 is 9.84 Å². The standard InChI is InChI=1S/C19H24O2S/c1-15(17-8-6-5-7-9-17)22(20,21)14-16-10-12-18(13-11-16)19(2,3)4/h5-13,15H,14H2,1-4H3/t15-/m1/s1. The minimum Gasteiger partial charge on any atom is -0.228 e. The average Bonchev–Trinajstić information content (AvgIpc) is 2.46. The number of hydrogen-bond donors (Lipinski definition) is 0. The molecule has 0 saturated carbocycles. The molecule has 2 nitrogen and oxygen atoms in total. The first-order chi connectivity index (χ1) is 10.2. The van der Waals surface area contributed by atoms with Gasteiger partial charge in [0, 0.05) is 0 Å². The maximum Gasteiger partial charge on any atom is 0.161 e. The second-order valence-corrected chi connectivity index (χ2v) is 9.13. The molecule has 2 aromatic carbocycles. The Balaban J connectivity index is 2.19. The summed E-state index contributed by atoms with van der Waals surface area (Å²) in [7, 11) is -3.21. The van der Waals surface area contributed by atoms with Crippen LogP contribution in [0.5, 0.6) is 0 Å². The lowest BCUT2D eigenvalue weighted by Crippen LogP contribution is -2.14. The van der Waals surface area contributed by atoms with Gasteiger partial charge in [-0.3, -0.25) is 0 Å². The quantitative estimate of drug-likeness (QED) is 0.822. The highest BCUT2D eigenvalue weighted by molar-refractivity contribution is 7.90. The van der Waals surface area contributed by atoms with E-state index in [2.05, 4.69) is 20.8 Å². The maximum absolute atomic E-state index is 12.6. The van der Waals surface area contributed by atoms with Gasteiger partial charge in [0.15, 0.2) is 9.84 Å². The molecule has 0 aliphatic rings. The molecule has 0 fully saturated rings. The van der Waals surface area contributed by atoms with E-state index in [1.165, 1.54) is 5.56 Å². The topological polar surface area (TPSA) is 34.1 Å². The molecule has 118 valence electrons. The monoisotopic (exact) mass is 316 g/mol. The van der Waals surface area contributed by atoms with Crippen molar-refractivity contribution in [3.05, 3.63) is 71.3 Å². The predicted octanol–water partition coefficient (Wildman–Crippen LogP) is 4.66. The van der Waals surface area contributed by atoms with E-state index in [1.807, 2.05) is 54.6 Å². The van der Waals surface area contributed by atoms with Gasteiger partial charge < -0.3 is 0 Å². The first-order valence-electron chi connectivity index (χ1n) is 7.56. The fraction of sp³-hybridized carbons (Fsp3) is 0.368. The SMILES string of the molecule is C[C@H](c1ccccc1)S(=O)(=O)Cc1ccc(C(C)(C)C)cc1. The Morgan fingerprint density at radius 2 is 1.45 bits per heavy atom. The zero-order valence-electron chi connectivity index (χ0n) is 13.7. The molecule has 0 amide bonds. The number of hydrogen-bond acceptors (Lipinski definition) is 2. The Hall–Kier alpha value is -1.61. The summed E-state index contributed by atoms with van der Waals surface area (Å²) >= 11 is 0. The Bertz CT molecular complexity index is 708. The van der Waals surface area contributed by atoms with Crippen LogP contribution in [0.2, 0.25) is 0 Å². The second-order valence-electron chi connectivity index (χ2n) is 6.81. The van der Waals surface area contributed by atoms with Crippen LogP contribution >= 0.6 is 0 Å². The Labute approximate surface area is 134 Å². The highest BCUT2D eigenvalue weighted by atomic mass is 32.2. The zero-order chi connectivity index (χ0) is 16.4. The van der Waals surface area contributed by atoms with E-state index in [0.717, 1.165) is 11.1 Å². The van der Waals surface area contributed by atoms with Gasteiger partial charge >= 0.3 is 0 Å². The summed E-state index contributed by atoms with van der Waals surface area (Å²) < 4.78 is 25.2. The fourth-order valence-electron chi connectivity index (χ4n) is 2.39. The van der Waals surface area contributed by atoms with Gasteiger partial charge in [-0.15, -0.1) is 0 Å². The molecule has 0 radical (unpaired) electrons. The summed E-state index contributed by atoms with van der Waals surface area (Å²) in [5.74, 6) is 0.0769. The van der Waals surface area contributed by atoms with Gasteiger partial charge in [0.25, 0.3) is 0 Å². The number of sulfone groups is 1. The van der Waals surface area contributed by atoms with Crippen molar-refractivity contribution in [3.63, 3.8) is 0 Å². The summed E-state index contributed by atoms with van der Waals surface area (Å²) in [4.78, 5) is 0. The molecular formula is C19H24O2S. The summed E-state index contributed by atoms with van der Waals surface area (Å²) in [5, 5.41) is -0.490. The Morgan fingerprint density at radius 3 is 1.95 bits per heavy atom. The molecule has 0 unspecified atom stereocenters. The smallest absolute Gasteiger partial charge is 0.161 e. The summed E-state index contributed by atoms with van der Waals surface area (Å²) in [6.07, 6.45) is 0. The van der Waals surface area contributed by atoms with Crippen LogP contribution in [0.4, 0.5) is 0 Å². The molecule has 0 bridgehead atoms. The van der Waals surface area contributed by atoms with Crippen LogP contribution in [0.15, 0.2) is 54.6 Å². The molecule has 0 N–H and O–H groups in total. The normalized spacial score (nSPS) is 13.8. The van der Waals surface area contributed by atoms with E-state index in [-0.39, 0.29) is 11.2 Å². The molecule has 2 aromatic rings. The van der Waals surface area contributed by atoms with Crippen LogP contribution in [0.25, 0.3) is 0 Å². The van der Waals surface area contributed by atoms with Crippen molar-refractivity contribution in [2.45, 2.75) is 44.1 Å². The molecule has 0 spiro atoms. The lowest BCUT2D eigenvalue weighted by Gasteiger charge is -2.19. The summed E-state index contributed by atoms with van der Waals surface area (Å²) in [5.41, 5.74) is 2.98. The van der Waals surface area contributed by atoms with Crippen LogP contribution in [-0.2, 0) is 21.0 Å². The van der Waals surface area contributed by atoms with E-state index in [9.17, 15) is 8.42 Å². The molecule has 1 atom stereocenters. The van der Waals surface area contributed by atoms with Gasteiger partial charge in [-0.2, -0.15) is 0 Å². The Morgan fingerprint density at radius 1 is 0.909 bits per heavy atom. The van der Waals surface area contributed by atoms with Crippen LogP contribution in [-0.4, -0.2) is 8.42 Å². The van der Waals surface area contributed by atoms with Crippen molar-refractivity contribution in [1.82, 2.24) is 0 Å². The molecule has 3 heteroatoms. The lowest BCUT2D eigenvalue weighted by molar-refractivity contribution is 0.585. The number of benzene rings is 2. The van der Waals surface area contributed by atoms with Gasteiger partial charge in [-0.1, -0.05) is 75.4 Å². The lowest BCUT2D eigenvalue weighted by atomic mass is 9.87. The highest BCUT2D eigenvalue weighted by Gasteiger charge is 2.23. The molecular weight excluding hydrogens is 292 g/mol. The Kier molecular flexibility index (Phi) is 4.76. The van der Waals surface area contributed by atoms with Crippen molar-refractivity contribution in [2.24, 2.45) is 0 Å². The number of rotatable bonds is 4. The van der Waals surface area contributed by atoms with Crippen LogP contribution in [0.3, 0.4) is 0 Å². The fourth-order valence-corrected chi connectivity index (χ4v) is 3.87. The first-order valence-corrected chi connectivity index (χ1v) is 9.27. The second kappa shape index (κ2) is 6.25. The summed E-state index contributed by atoms with van der Waals surface area (Å²) in [6.45, 7) is 8.21. The molecule has 0 aliphatic carbocycles. The molecule has 0 heterocycles. The highest BCUT2D eigenvalue weighted by Crippen LogP contribution is 2.27. The van der Waals surface area contributed by atoms with Gasteiger partial charge in [0.1, 0.15) is 0 Å². The van der Waals surface area contributed by atoms with Gasteiger partial charge in [-0.25, -0.2) is 8.42 Å². The molecule has 0 aliphatic heterocycles. The van der Waals surface area contributed by atoms with Gasteiger partial charge in [0.05, 0.1) is 11.0 Å². The van der Waals surface area contributed by atoms with Crippen molar-refractivity contribution in [2.75, 3.05) is 0 Å². The third-order valence-corrected chi connectivity index (χ3v) is 6.08. The van der Waals surface area contributed by atoms with Crippen molar-refractivity contribution < 1.29 is 8.42 Å². The molecule has 0 saturated heterocycles. The first kappa shape index (κ1) is 16.8. The molecule has 0 aromatic heterocycles.